The average molecular weight is 325 g/mol. The van der Waals surface area contributed by atoms with Gasteiger partial charge in [0.25, 0.3) is 0 Å². The van der Waals surface area contributed by atoms with Crippen LogP contribution < -0.4 is 5.32 Å². The van der Waals surface area contributed by atoms with Crippen molar-refractivity contribution in [2.24, 2.45) is 15.8 Å². The minimum atomic E-state index is -0.104. The molecule has 6 nitrogen and oxygen atoms in total. The summed E-state index contributed by atoms with van der Waals surface area (Å²) in [6.45, 7) is 9.18. The maximum atomic E-state index is 9.84. The van der Waals surface area contributed by atoms with E-state index in [1.54, 1.807) is 0 Å². The van der Waals surface area contributed by atoms with Crippen LogP contribution in [-0.2, 0) is 9.47 Å². The van der Waals surface area contributed by atoms with Crippen molar-refractivity contribution in [3.63, 3.8) is 0 Å². The average Bonchev–Trinajstić information content (AvgIpc) is 3.23. The lowest BCUT2D eigenvalue weighted by atomic mass is 9.81. The van der Waals surface area contributed by atoms with Gasteiger partial charge in [-0.1, -0.05) is 0 Å². The van der Waals surface area contributed by atoms with Gasteiger partial charge in [-0.3, -0.25) is 4.99 Å². The van der Waals surface area contributed by atoms with Crippen molar-refractivity contribution in [3.8, 4) is 0 Å². The standard InChI is InChI=1S/C17H31N3O3/c1-2-18-15(19-11-16(13-21)4-8-22-9-5-16)20-7-3-17(12-20)6-10-23-14-17/h21H,2-14H2,1H3,(H,18,19). The molecule has 0 aliphatic carbocycles. The molecule has 0 amide bonds. The minimum Gasteiger partial charge on any atom is -0.396 e. The van der Waals surface area contributed by atoms with Crippen molar-refractivity contribution in [1.82, 2.24) is 10.2 Å². The number of rotatable bonds is 4. The maximum Gasteiger partial charge on any atom is 0.193 e. The fourth-order valence-corrected chi connectivity index (χ4v) is 3.93. The summed E-state index contributed by atoms with van der Waals surface area (Å²) in [5.74, 6) is 0.996. The summed E-state index contributed by atoms with van der Waals surface area (Å²) >= 11 is 0. The van der Waals surface area contributed by atoms with Gasteiger partial charge in [0.2, 0.25) is 0 Å². The molecule has 1 atom stereocenters. The first kappa shape index (κ1) is 17.0. The van der Waals surface area contributed by atoms with Crippen LogP contribution in [-0.4, -0.2) is 75.2 Å². The number of nitrogens with one attached hydrogen (secondary N) is 1. The molecule has 1 unspecified atom stereocenters. The van der Waals surface area contributed by atoms with Gasteiger partial charge in [-0.25, -0.2) is 0 Å². The third-order valence-corrected chi connectivity index (χ3v) is 5.71. The summed E-state index contributed by atoms with van der Waals surface area (Å²) in [5.41, 5.74) is 0.232. The summed E-state index contributed by atoms with van der Waals surface area (Å²) in [5, 5.41) is 13.3. The van der Waals surface area contributed by atoms with E-state index < -0.39 is 0 Å². The first-order valence-corrected chi connectivity index (χ1v) is 9.01. The third kappa shape index (κ3) is 3.80. The van der Waals surface area contributed by atoms with Crippen LogP contribution in [0.25, 0.3) is 0 Å². The molecule has 1 spiro atoms. The Balaban J connectivity index is 1.65. The number of hydrogen-bond donors (Lipinski definition) is 2. The van der Waals surface area contributed by atoms with Gasteiger partial charge in [0.05, 0.1) is 19.8 Å². The molecule has 3 aliphatic rings. The molecule has 3 aliphatic heterocycles. The number of aliphatic imine (C=N–C) groups is 1. The van der Waals surface area contributed by atoms with Crippen molar-refractivity contribution in [3.05, 3.63) is 0 Å². The van der Waals surface area contributed by atoms with Crippen LogP contribution in [0, 0.1) is 10.8 Å². The smallest absolute Gasteiger partial charge is 0.193 e. The monoisotopic (exact) mass is 325 g/mol. The summed E-state index contributed by atoms with van der Waals surface area (Å²) < 4.78 is 11.1. The van der Waals surface area contributed by atoms with Crippen molar-refractivity contribution in [2.75, 3.05) is 59.2 Å². The fraction of sp³-hybridized carbons (Fsp3) is 0.941. The highest BCUT2D eigenvalue weighted by Gasteiger charge is 2.42. The highest BCUT2D eigenvalue weighted by molar-refractivity contribution is 5.80. The molecular formula is C17H31N3O3. The molecule has 0 aromatic rings. The Morgan fingerprint density at radius 2 is 1.96 bits per heavy atom. The molecule has 3 heterocycles. The van der Waals surface area contributed by atoms with E-state index in [9.17, 15) is 5.11 Å². The lowest BCUT2D eigenvalue weighted by Gasteiger charge is -2.34. The highest BCUT2D eigenvalue weighted by atomic mass is 16.5. The predicted molar refractivity (Wildman–Crippen MR) is 89.6 cm³/mol. The van der Waals surface area contributed by atoms with E-state index in [0.29, 0.717) is 12.0 Å². The van der Waals surface area contributed by atoms with Gasteiger partial charge >= 0.3 is 0 Å². The maximum absolute atomic E-state index is 9.84. The highest BCUT2D eigenvalue weighted by Crippen LogP contribution is 2.38. The lowest BCUT2D eigenvalue weighted by Crippen LogP contribution is -2.43. The fourth-order valence-electron chi connectivity index (χ4n) is 3.93. The Labute approximate surface area is 139 Å². The van der Waals surface area contributed by atoms with Crippen molar-refractivity contribution >= 4 is 5.96 Å². The van der Waals surface area contributed by atoms with Gasteiger partial charge in [-0.2, -0.15) is 0 Å². The molecule has 0 aromatic heterocycles. The minimum absolute atomic E-state index is 0.104. The predicted octanol–water partition coefficient (Wildman–Crippen LogP) is 0.853. The van der Waals surface area contributed by atoms with E-state index in [0.717, 1.165) is 64.9 Å². The van der Waals surface area contributed by atoms with E-state index >= 15 is 0 Å². The summed E-state index contributed by atoms with van der Waals surface area (Å²) in [6.07, 6.45) is 4.14. The van der Waals surface area contributed by atoms with Crippen LogP contribution in [0.5, 0.6) is 0 Å². The molecule has 3 rings (SSSR count). The summed E-state index contributed by atoms with van der Waals surface area (Å²) in [7, 11) is 0. The van der Waals surface area contributed by atoms with Crippen LogP contribution in [0.3, 0.4) is 0 Å². The number of aliphatic hydroxyl groups excluding tert-OH is 1. The molecule has 132 valence electrons. The summed E-state index contributed by atoms with van der Waals surface area (Å²) in [4.78, 5) is 7.27. The van der Waals surface area contributed by atoms with Crippen LogP contribution in [0.1, 0.15) is 32.6 Å². The number of hydrogen-bond acceptors (Lipinski definition) is 4. The normalized spacial score (nSPS) is 31.0. The SMILES string of the molecule is CCNC(=NCC1(CO)CCOCC1)N1CCC2(CCOC2)C1. The van der Waals surface area contributed by atoms with Crippen LogP contribution in [0.4, 0.5) is 0 Å². The van der Waals surface area contributed by atoms with Gasteiger partial charge in [0, 0.05) is 50.3 Å². The zero-order valence-corrected chi connectivity index (χ0v) is 14.4. The molecule has 23 heavy (non-hydrogen) atoms. The molecule has 0 saturated carbocycles. The molecule has 0 bridgehead atoms. The largest absolute Gasteiger partial charge is 0.396 e. The first-order valence-electron chi connectivity index (χ1n) is 9.01. The Bertz CT molecular complexity index is 415. The topological polar surface area (TPSA) is 66.3 Å². The van der Waals surface area contributed by atoms with Gasteiger partial charge in [-0.15, -0.1) is 0 Å². The Morgan fingerprint density at radius 1 is 1.17 bits per heavy atom. The second-order valence-electron chi connectivity index (χ2n) is 7.41. The van der Waals surface area contributed by atoms with Crippen LogP contribution in [0.15, 0.2) is 4.99 Å². The number of nitrogens with zero attached hydrogens (tertiary/aromatic N) is 2. The number of ether oxygens (including phenoxy) is 2. The van der Waals surface area contributed by atoms with Gasteiger partial charge in [0.1, 0.15) is 0 Å². The van der Waals surface area contributed by atoms with Crippen molar-refractivity contribution in [1.29, 1.82) is 0 Å². The van der Waals surface area contributed by atoms with E-state index in [2.05, 4.69) is 17.1 Å². The Hall–Kier alpha value is -0.850. The second-order valence-corrected chi connectivity index (χ2v) is 7.41. The molecule has 6 heteroatoms. The van der Waals surface area contributed by atoms with E-state index in [4.69, 9.17) is 14.5 Å². The molecule has 2 N–H and O–H groups in total. The van der Waals surface area contributed by atoms with E-state index in [1.807, 2.05) is 0 Å². The van der Waals surface area contributed by atoms with Crippen LogP contribution >= 0.6 is 0 Å². The molecule has 0 radical (unpaired) electrons. The second kappa shape index (κ2) is 7.36. The molecule has 3 saturated heterocycles. The number of likely N-dealkylation sites (tertiary alicyclic amines) is 1. The zero-order valence-electron chi connectivity index (χ0n) is 14.4. The van der Waals surface area contributed by atoms with Crippen LogP contribution in [0.2, 0.25) is 0 Å². The Kier molecular flexibility index (Phi) is 5.44. The van der Waals surface area contributed by atoms with Gasteiger partial charge < -0.3 is 24.8 Å². The number of aliphatic hydroxyl groups is 1. The number of guanidine groups is 1. The summed E-state index contributed by atoms with van der Waals surface area (Å²) in [6, 6.07) is 0. The van der Waals surface area contributed by atoms with Gasteiger partial charge in [-0.05, 0) is 32.6 Å². The third-order valence-electron chi connectivity index (χ3n) is 5.71. The first-order chi connectivity index (χ1) is 11.2. The van der Waals surface area contributed by atoms with Crippen molar-refractivity contribution < 1.29 is 14.6 Å². The van der Waals surface area contributed by atoms with Gasteiger partial charge in [0.15, 0.2) is 5.96 Å². The van der Waals surface area contributed by atoms with Crippen molar-refractivity contribution in [2.45, 2.75) is 32.6 Å². The van der Waals surface area contributed by atoms with E-state index in [1.165, 1.54) is 12.8 Å². The molecule has 0 aromatic carbocycles. The quantitative estimate of drug-likeness (QED) is 0.593. The molecule has 3 fully saturated rings. The Morgan fingerprint density at radius 3 is 2.61 bits per heavy atom. The lowest BCUT2D eigenvalue weighted by molar-refractivity contribution is -0.0107. The molecular weight excluding hydrogens is 294 g/mol. The van der Waals surface area contributed by atoms with E-state index in [-0.39, 0.29) is 12.0 Å². The zero-order chi connectivity index (χ0) is 16.2.